The van der Waals surface area contributed by atoms with Gasteiger partial charge in [-0.2, -0.15) is 0 Å². The van der Waals surface area contributed by atoms with Gasteiger partial charge in [-0.25, -0.2) is 8.42 Å². The summed E-state index contributed by atoms with van der Waals surface area (Å²) in [5.41, 5.74) is 2.45. The molecule has 1 aliphatic carbocycles. The van der Waals surface area contributed by atoms with E-state index in [9.17, 15) is 13.2 Å². The second-order valence-corrected chi connectivity index (χ2v) is 10.1. The lowest BCUT2D eigenvalue weighted by atomic mass is 9.95. The minimum absolute atomic E-state index is 0.0264. The molecule has 0 radical (unpaired) electrons. The van der Waals surface area contributed by atoms with Gasteiger partial charge in [0, 0.05) is 19.0 Å². The maximum Gasteiger partial charge on any atom is 0.226 e. The van der Waals surface area contributed by atoms with Crippen molar-refractivity contribution in [2.75, 3.05) is 18.6 Å². The zero-order valence-electron chi connectivity index (χ0n) is 14.8. The van der Waals surface area contributed by atoms with E-state index in [0.717, 1.165) is 12.8 Å². The number of carbonyl (C=O) groups is 1. The number of hydrogen-bond donors (Lipinski definition) is 0. The first-order chi connectivity index (χ1) is 11.2. The van der Waals surface area contributed by atoms with Gasteiger partial charge in [0.25, 0.3) is 0 Å². The zero-order valence-corrected chi connectivity index (χ0v) is 15.6. The summed E-state index contributed by atoms with van der Waals surface area (Å²) >= 11 is 0. The molecule has 0 N–H and O–H groups in total. The van der Waals surface area contributed by atoms with E-state index in [4.69, 9.17) is 0 Å². The molecule has 1 saturated carbocycles. The number of carbonyl (C=O) groups excluding carboxylic acids is 1. The summed E-state index contributed by atoms with van der Waals surface area (Å²) < 4.78 is 23.2. The predicted octanol–water partition coefficient (Wildman–Crippen LogP) is 2.60. The summed E-state index contributed by atoms with van der Waals surface area (Å²) in [6.45, 7) is 4.15. The fourth-order valence-corrected chi connectivity index (χ4v) is 5.50. The molecular formula is C19H27NO3S. The maximum absolute atomic E-state index is 12.8. The molecule has 4 nitrogen and oxygen atoms in total. The van der Waals surface area contributed by atoms with E-state index in [1.807, 2.05) is 11.9 Å². The Morgan fingerprint density at radius 2 is 1.83 bits per heavy atom. The third-order valence-corrected chi connectivity index (χ3v) is 7.62. The monoisotopic (exact) mass is 349 g/mol. The number of benzene rings is 1. The van der Waals surface area contributed by atoms with Crippen molar-refractivity contribution in [2.24, 2.45) is 11.3 Å². The molecule has 1 aromatic carbocycles. The van der Waals surface area contributed by atoms with Crippen LogP contribution in [0.5, 0.6) is 0 Å². The van der Waals surface area contributed by atoms with Crippen LogP contribution in [0.15, 0.2) is 24.3 Å². The minimum Gasteiger partial charge on any atom is -0.342 e. The second kappa shape index (κ2) is 6.17. The molecule has 1 aromatic rings. The quantitative estimate of drug-likeness (QED) is 0.839. The zero-order chi connectivity index (χ0) is 17.5. The first-order valence-corrected chi connectivity index (χ1v) is 10.6. The van der Waals surface area contributed by atoms with Gasteiger partial charge in [0.05, 0.1) is 11.5 Å². The van der Waals surface area contributed by atoms with Gasteiger partial charge in [0.15, 0.2) is 0 Å². The lowest BCUT2D eigenvalue weighted by molar-refractivity contribution is -0.134. The van der Waals surface area contributed by atoms with Gasteiger partial charge in [-0.1, -0.05) is 29.8 Å². The molecule has 2 fully saturated rings. The van der Waals surface area contributed by atoms with Gasteiger partial charge < -0.3 is 4.90 Å². The molecule has 2 aliphatic rings. The van der Waals surface area contributed by atoms with Crippen LogP contribution in [-0.4, -0.2) is 43.8 Å². The summed E-state index contributed by atoms with van der Waals surface area (Å²) in [5.74, 6) is 0.714. The van der Waals surface area contributed by atoms with Crippen LogP contribution in [0.1, 0.15) is 37.3 Å². The van der Waals surface area contributed by atoms with Crippen LogP contribution >= 0.6 is 0 Å². The fourth-order valence-electron chi connectivity index (χ4n) is 3.86. The molecule has 0 unspecified atom stereocenters. The van der Waals surface area contributed by atoms with Crippen molar-refractivity contribution < 1.29 is 13.2 Å². The maximum atomic E-state index is 12.8. The molecule has 5 heteroatoms. The van der Waals surface area contributed by atoms with Crippen molar-refractivity contribution in [3.05, 3.63) is 35.4 Å². The average Bonchev–Trinajstić information content (AvgIpc) is 3.26. The summed E-state index contributed by atoms with van der Waals surface area (Å²) in [6, 6.07) is 8.58. The lowest BCUT2D eigenvalue weighted by Crippen LogP contribution is -2.39. The Bertz CT molecular complexity index is 709. The standard InChI is InChI=1S/C19H27NO3S/c1-14-4-6-16(7-5-14)12-15(2)20(3)18(21)17-13-19(17)8-10-24(22,23)11-9-19/h4-7,15,17H,8-13H2,1-3H3/t15-,17-/m0/s1. The fraction of sp³-hybridized carbons (Fsp3) is 0.632. The number of rotatable bonds is 4. The molecule has 1 amide bonds. The topological polar surface area (TPSA) is 54.5 Å². The smallest absolute Gasteiger partial charge is 0.226 e. The van der Waals surface area contributed by atoms with Crippen LogP contribution in [0.25, 0.3) is 0 Å². The minimum atomic E-state index is -2.87. The number of nitrogens with zero attached hydrogens (tertiary/aromatic N) is 1. The largest absolute Gasteiger partial charge is 0.342 e. The number of likely N-dealkylation sites (N-methyl/N-ethyl adjacent to an activating group) is 1. The highest BCUT2D eigenvalue weighted by Crippen LogP contribution is 2.60. The number of hydrogen-bond acceptors (Lipinski definition) is 3. The summed E-state index contributed by atoms with van der Waals surface area (Å²) in [7, 11) is -0.987. The van der Waals surface area contributed by atoms with Crippen molar-refractivity contribution in [1.29, 1.82) is 0 Å². The Morgan fingerprint density at radius 3 is 2.42 bits per heavy atom. The van der Waals surface area contributed by atoms with E-state index in [1.54, 1.807) is 0 Å². The van der Waals surface area contributed by atoms with E-state index in [0.29, 0.717) is 12.8 Å². The Kier molecular flexibility index (Phi) is 4.49. The third-order valence-electron chi connectivity index (χ3n) is 5.97. The Morgan fingerprint density at radius 1 is 1.25 bits per heavy atom. The highest BCUT2D eigenvalue weighted by atomic mass is 32.2. The SMILES string of the molecule is Cc1ccc(C[C@H](C)N(C)C(=O)[C@@H]2CC23CCS(=O)(=O)CC3)cc1. The van der Waals surface area contributed by atoms with E-state index in [2.05, 4.69) is 38.1 Å². The van der Waals surface area contributed by atoms with E-state index < -0.39 is 9.84 Å². The number of sulfone groups is 1. The van der Waals surface area contributed by atoms with E-state index in [-0.39, 0.29) is 34.8 Å². The van der Waals surface area contributed by atoms with Gasteiger partial charge in [0.2, 0.25) is 5.91 Å². The average molecular weight is 349 g/mol. The van der Waals surface area contributed by atoms with Crippen LogP contribution in [0.3, 0.4) is 0 Å². The molecule has 1 spiro atoms. The van der Waals surface area contributed by atoms with Gasteiger partial charge >= 0.3 is 0 Å². The van der Waals surface area contributed by atoms with Crippen LogP contribution < -0.4 is 0 Å². The summed E-state index contributed by atoms with van der Waals surface area (Å²) in [4.78, 5) is 14.7. The van der Waals surface area contributed by atoms with Crippen LogP contribution in [0, 0.1) is 18.3 Å². The lowest BCUT2D eigenvalue weighted by Gasteiger charge is -2.28. The van der Waals surface area contributed by atoms with Crippen molar-refractivity contribution in [2.45, 2.75) is 45.6 Å². The molecular weight excluding hydrogens is 322 g/mol. The van der Waals surface area contributed by atoms with Gasteiger partial charge in [-0.3, -0.25) is 4.79 Å². The molecule has 1 aliphatic heterocycles. The van der Waals surface area contributed by atoms with Crippen molar-refractivity contribution >= 4 is 15.7 Å². The molecule has 24 heavy (non-hydrogen) atoms. The van der Waals surface area contributed by atoms with Crippen molar-refractivity contribution in [3.8, 4) is 0 Å². The molecule has 3 rings (SSSR count). The predicted molar refractivity (Wildman–Crippen MR) is 95.5 cm³/mol. The van der Waals surface area contributed by atoms with Gasteiger partial charge in [-0.15, -0.1) is 0 Å². The van der Waals surface area contributed by atoms with E-state index >= 15 is 0 Å². The molecule has 1 heterocycles. The third kappa shape index (κ3) is 3.51. The molecule has 1 saturated heterocycles. The highest BCUT2D eigenvalue weighted by molar-refractivity contribution is 7.91. The summed E-state index contributed by atoms with van der Waals surface area (Å²) in [5, 5.41) is 0. The van der Waals surface area contributed by atoms with Gasteiger partial charge in [0.1, 0.15) is 9.84 Å². The second-order valence-electron chi connectivity index (χ2n) is 7.76. The number of aryl methyl sites for hydroxylation is 1. The normalized spacial score (nSPS) is 25.2. The molecule has 132 valence electrons. The Hall–Kier alpha value is -1.36. The highest BCUT2D eigenvalue weighted by Gasteiger charge is 2.60. The Labute approximate surface area is 145 Å². The van der Waals surface area contributed by atoms with Crippen LogP contribution in [0.2, 0.25) is 0 Å². The van der Waals surface area contributed by atoms with E-state index in [1.165, 1.54) is 11.1 Å². The first-order valence-electron chi connectivity index (χ1n) is 8.75. The van der Waals surface area contributed by atoms with Crippen LogP contribution in [0.4, 0.5) is 0 Å². The summed E-state index contributed by atoms with van der Waals surface area (Å²) in [6.07, 6.45) is 3.03. The first kappa shape index (κ1) is 17.5. The molecule has 0 aromatic heterocycles. The molecule has 0 bridgehead atoms. The van der Waals surface area contributed by atoms with Crippen LogP contribution in [-0.2, 0) is 21.1 Å². The Balaban J connectivity index is 1.58. The molecule has 2 atom stereocenters. The van der Waals surface area contributed by atoms with Crippen molar-refractivity contribution in [3.63, 3.8) is 0 Å². The number of amides is 1. The van der Waals surface area contributed by atoms with Gasteiger partial charge in [-0.05, 0) is 50.5 Å². The van der Waals surface area contributed by atoms with Crippen molar-refractivity contribution in [1.82, 2.24) is 4.90 Å².